The van der Waals surface area contributed by atoms with Crippen LogP contribution in [-0.4, -0.2) is 34.3 Å². The molecule has 2 unspecified atom stereocenters. The Bertz CT molecular complexity index is 420. The second kappa shape index (κ2) is 5.22. The minimum atomic E-state index is -0.185. The fourth-order valence-corrected chi connectivity index (χ4v) is 2.33. The highest BCUT2D eigenvalue weighted by molar-refractivity contribution is 5.34. The highest BCUT2D eigenvalue weighted by Crippen LogP contribution is 2.22. The van der Waals surface area contributed by atoms with Gasteiger partial charge in [-0.3, -0.25) is 0 Å². The van der Waals surface area contributed by atoms with E-state index in [4.69, 9.17) is 0 Å². The van der Waals surface area contributed by atoms with E-state index in [2.05, 4.69) is 41.7 Å². The van der Waals surface area contributed by atoms with Crippen molar-refractivity contribution in [2.24, 2.45) is 5.92 Å². The summed E-state index contributed by atoms with van der Waals surface area (Å²) in [5, 5.41) is 9.77. The Hall–Kier alpha value is -1.16. The number of rotatable bonds is 2. The van der Waals surface area contributed by atoms with Gasteiger partial charge in [-0.05, 0) is 31.2 Å². The molecule has 0 saturated carbocycles. The molecule has 4 heteroatoms. The molecule has 4 nitrogen and oxygen atoms in total. The van der Waals surface area contributed by atoms with Crippen LogP contribution in [-0.2, 0) is 0 Å². The molecule has 2 heterocycles. The SMILES string of the molecule is Cc1cc(C(C)C)nc(N2CCC(O)C(C)C2)n1. The summed E-state index contributed by atoms with van der Waals surface area (Å²) in [6, 6.07) is 2.05. The number of hydrogen-bond donors (Lipinski definition) is 1. The zero-order valence-electron chi connectivity index (χ0n) is 11.7. The van der Waals surface area contributed by atoms with E-state index in [-0.39, 0.29) is 12.0 Å². The third kappa shape index (κ3) is 2.80. The summed E-state index contributed by atoms with van der Waals surface area (Å²) in [6.07, 6.45) is 0.616. The first-order valence-electron chi connectivity index (χ1n) is 6.76. The van der Waals surface area contributed by atoms with Crippen molar-refractivity contribution in [3.8, 4) is 0 Å². The van der Waals surface area contributed by atoms with Crippen LogP contribution in [0.15, 0.2) is 6.07 Å². The van der Waals surface area contributed by atoms with Gasteiger partial charge in [-0.15, -0.1) is 0 Å². The van der Waals surface area contributed by atoms with Gasteiger partial charge < -0.3 is 10.0 Å². The average molecular weight is 249 g/mol. The standard InChI is InChI=1S/C14H23N3O/c1-9(2)12-7-11(4)15-14(16-12)17-6-5-13(18)10(3)8-17/h7,9-10,13,18H,5-6,8H2,1-4H3. The normalized spacial score (nSPS) is 24.7. The molecule has 100 valence electrons. The molecule has 0 amide bonds. The monoisotopic (exact) mass is 249 g/mol. The zero-order valence-corrected chi connectivity index (χ0v) is 11.7. The number of aromatic nitrogens is 2. The molecule has 2 rings (SSSR count). The van der Waals surface area contributed by atoms with Gasteiger partial charge in [0.25, 0.3) is 0 Å². The van der Waals surface area contributed by atoms with Crippen LogP contribution in [0.4, 0.5) is 5.95 Å². The second-order valence-electron chi connectivity index (χ2n) is 5.67. The van der Waals surface area contributed by atoms with Gasteiger partial charge in [0.05, 0.1) is 6.10 Å². The Balaban J connectivity index is 2.23. The van der Waals surface area contributed by atoms with Crippen molar-refractivity contribution in [2.75, 3.05) is 18.0 Å². The van der Waals surface area contributed by atoms with E-state index in [9.17, 15) is 5.11 Å². The van der Waals surface area contributed by atoms with Crippen molar-refractivity contribution in [3.63, 3.8) is 0 Å². The number of nitrogens with zero attached hydrogens (tertiary/aromatic N) is 3. The molecular weight excluding hydrogens is 226 g/mol. The minimum Gasteiger partial charge on any atom is -0.393 e. The topological polar surface area (TPSA) is 49.2 Å². The molecule has 18 heavy (non-hydrogen) atoms. The molecule has 1 fully saturated rings. The van der Waals surface area contributed by atoms with Crippen molar-refractivity contribution in [1.82, 2.24) is 9.97 Å². The second-order valence-corrected chi connectivity index (χ2v) is 5.67. The highest BCUT2D eigenvalue weighted by atomic mass is 16.3. The molecule has 1 aliphatic rings. The van der Waals surface area contributed by atoms with Gasteiger partial charge in [0.1, 0.15) is 0 Å². The molecule has 0 spiro atoms. The van der Waals surface area contributed by atoms with Crippen LogP contribution >= 0.6 is 0 Å². The lowest BCUT2D eigenvalue weighted by atomic mass is 9.97. The van der Waals surface area contributed by atoms with Crippen molar-refractivity contribution < 1.29 is 5.11 Å². The minimum absolute atomic E-state index is 0.185. The molecule has 1 aromatic rings. The van der Waals surface area contributed by atoms with E-state index in [0.717, 1.165) is 36.8 Å². The highest BCUT2D eigenvalue weighted by Gasteiger charge is 2.26. The van der Waals surface area contributed by atoms with Gasteiger partial charge in [-0.1, -0.05) is 20.8 Å². The molecule has 1 aromatic heterocycles. The number of aliphatic hydroxyl groups excluding tert-OH is 1. The predicted octanol–water partition coefficient (Wildman–Crippen LogP) is 2.12. The van der Waals surface area contributed by atoms with Gasteiger partial charge in [-0.25, -0.2) is 9.97 Å². The summed E-state index contributed by atoms with van der Waals surface area (Å²) in [5.74, 6) is 1.51. The van der Waals surface area contributed by atoms with Gasteiger partial charge in [-0.2, -0.15) is 0 Å². The summed E-state index contributed by atoms with van der Waals surface area (Å²) < 4.78 is 0. The van der Waals surface area contributed by atoms with Gasteiger partial charge >= 0.3 is 0 Å². The smallest absolute Gasteiger partial charge is 0.225 e. The summed E-state index contributed by atoms with van der Waals surface area (Å²) in [7, 11) is 0. The van der Waals surface area contributed by atoms with Crippen molar-refractivity contribution in [2.45, 2.75) is 46.1 Å². The van der Waals surface area contributed by atoms with Crippen LogP contribution in [0.1, 0.15) is 44.5 Å². The average Bonchev–Trinajstić information content (AvgIpc) is 2.31. The van der Waals surface area contributed by atoms with E-state index in [1.54, 1.807) is 0 Å². The summed E-state index contributed by atoms with van der Waals surface area (Å²) in [4.78, 5) is 11.4. The molecule has 2 atom stereocenters. The van der Waals surface area contributed by atoms with Gasteiger partial charge in [0, 0.05) is 24.5 Å². The summed E-state index contributed by atoms with van der Waals surface area (Å²) in [6.45, 7) is 10.1. The Labute approximate surface area is 109 Å². The molecule has 0 radical (unpaired) electrons. The molecule has 1 saturated heterocycles. The van der Waals surface area contributed by atoms with Crippen molar-refractivity contribution >= 4 is 5.95 Å². The zero-order chi connectivity index (χ0) is 13.3. The van der Waals surface area contributed by atoms with Crippen LogP contribution in [0.25, 0.3) is 0 Å². The van der Waals surface area contributed by atoms with Crippen LogP contribution in [0, 0.1) is 12.8 Å². The maximum Gasteiger partial charge on any atom is 0.225 e. The fraction of sp³-hybridized carbons (Fsp3) is 0.714. The number of anilines is 1. The maximum absolute atomic E-state index is 9.77. The van der Waals surface area contributed by atoms with Crippen LogP contribution < -0.4 is 4.90 Å². The van der Waals surface area contributed by atoms with Gasteiger partial charge in [0.15, 0.2) is 0 Å². The number of aliphatic hydroxyl groups is 1. The lowest BCUT2D eigenvalue weighted by molar-refractivity contribution is 0.0966. The lowest BCUT2D eigenvalue weighted by Crippen LogP contribution is -2.42. The Morgan fingerprint density at radius 2 is 2.11 bits per heavy atom. The van der Waals surface area contributed by atoms with Crippen LogP contribution in [0.5, 0.6) is 0 Å². The van der Waals surface area contributed by atoms with Gasteiger partial charge in [0.2, 0.25) is 5.95 Å². The van der Waals surface area contributed by atoms with E-state index in [1.807, 2.05) is 6.92 Å². The molecule has 1 N–H and O–H groups in total. The van der Waals surface area contributed by atoms with E-state index >= 15 is 0 Å². The first kappa shape index (κ1) is 13.3. The Morgan fingerprint density at radius 3 is 2.72 bits per heavy atom. The largest absolute Gasteiger partial charge is 0.393 e. The summed E-state index contributed by atoms with van der Waals surface area (Å²) in [5.41, 5.74) is 2.11. The van der Waals surface area contributed by atoms with E-state index in [1.165, 1.54) is 0 Å². The predicted molar refractivity (Wildman–Crippen MR) is 72.9 cm³/mol. The maximum atomic E-state index is 9.77. The molecule has 0 bridgehead atoms. The molecule has 1 aliphatic heterocycles. The first-order valence-corrected chi connectivity index (χ1v) is 6.76. The number of hydrogen-bond acceptors (Lipinski definition) is 4. The number of piperidine rings is 1. The van der Waals surface area contributed by atoms with Crippen LogP contribution in [0.3, 0.4) is 0 Å². The number of aryl methyl sites for hydroxylation is 1. The summed E-state index contributed by atoms with van der Waals surface area (Å²) >= 11 is 0. The third-order valence-corrected chi connectivity index (χ3v) is 3.60. The Morgan fingerprint density at radius 1 is 1.39 bits per heavy atom. The molecule has 0 aliphatic carbocycles. The molecular formula is C14H23N3O. The first-order chi connectivity index (χ1) is 8.47. The van der Waals surface area contributed by atoms with E-state index in [0.29, 0.717) is 5.92 Å². The van der Waals surface area contributed by atoms with Crippen LogP contribution in [0.2, 0.25) is 0 Å². The fourth-order valence-electron chi connectivity index (χ4n) is 2.33. The quantitative estimate of drug-likeness (QED) is 0.872. The van der Waals surface area contributed by atoms with Crippen molar-refractivity contribution in [3.05, 3.63) is 17.5 Å². The van der Waals surface area contributed by atoms with E-state index < -0.39 is 0 Å². The van der Waals surface area contributed by atoms with Crippen molar-refractivity contribution in [1.29, 1.82) is 0 Å². The molecule has 0 aromatic carbocycles. The Kier molecular flexibility index (Phi) is 3.85. The lowest BCUT2D eigenvalue weighted by Gasteiger charge is -2.34. The third-order valence-electron chi connectivity index (χ3n) is 3.60.